The van der Waals surface area contributed by atoms with Crippen LogP contribution < -0.4 is 10.1 Å². The number of amides is 1. The number of benzene rings is 1. The van der Waals surface area contributed by atoms with Crippen molar-refractivity contribution in [3.63, 3.8) is 0 Å². The van der Waals surface area contributed by atoms with Crippen molar-refractivity contribution in [2.75, 3.05) is 11.9 Å². The number of aromatic nitrogens is 3. The fourth-order valence-corrected chi connectivity index (χ4v) is 1.68. The van der Waals surface area contributed by atoms with E-state index in [0.29, 0.717) is 25.4 Å². The van der Waals surface area contributed by atoms with Crippen LogP contribution in [0.5, 0.6) is 5.75 Å². The Balaban J connectivity index is 1.64. The minimum Gasteiger partial charge on any atom is -0.494 e. The Bertz CT molecular complexity index is 513. The molecule has 1 aromatic heterocycles. The molecule has 19 heavy (non-hydrogen) atoms. The molecule has 2 rings (SSSR count). The molecular weight excluding hydrogens is 312 g/mol. The molecule has 1 aromatic carbocycles. The number of hydrogen-bond donors (Lipinski definition) is 2. The Hall–Kier alpha value is -1.89. The lowest BCUT2D eigenvalue weighted by atomic mass is 10.3. The maximum absolute atomic E-state index is 11.5. The summed E-state index contributed by atoms with van der Waals surface area (Å²) in [4.78, 5) is 15.3. The van der Waals surface area contributed by atoms with Crippen molar-refractivity contribution in [2.24, 2.45) is 0 Å². The molecule has 0 saturated heterocycles. The predicted octanol–water partition coefficient (Wildman–Crippen LogP) is 2.36. The van der Waals surface area contributed by atoms with E-state index in [2.05, 4.69) is 36.4 Å². The highest BCUT2D eigenvalue weighted by molar-refractivity contribution is 9.10. The van der Waals surface area contributed by atoms with Crippen molar-refractivity contribution in [1.82, 2.24) is 15.2 Å². The van der Waals surface area contributed by atoms with Crippen molar-refractivity contribution < 1.29 is 9.53 Å². The summed E-state index contributed by atoms with van der Waals surface area (Å²) in [5.74, 6) is 1.04. The first-order valence-electron chi connectivity index (χ1n) is 5.77. The summed E-state index contributed by atoms with van der Waals surface area (Å²) >= 11 is 3.35. The predicted molar refractivity (Wildman–Crippen MR) is 73.9 cm³/mol. The highest BCUT2D eigenvalue weighted by Crippen LogP contribution is 2.16. The lowest BCUT2D eigenvalue weighted by Crippen LogP contribution is -2.13. The average molecular weight is 325 g/mol. The lowest BCUT2D eigenvalue weighted by Gasteiger charge is -2.06. The monoisotopic (exact) mass is 324 g/mol. The third-order valence-corrected chi connectivity index (χ3v) is 2.83. The second-order valence-corrected chi connectivity index (χ2v) is 4.70. The first-order valence-corrected chi connectivity index (χ1v) is 6.57. The molecule has 0 radical (unpaired) electrons. The largest absolute Gasteiger partial charge is 0.494 e. The van der Waals surface area contributed by atoms with Gasteiger partial charge in [0, 0.05) is 10.9 Å². The van der Waals surface area contributed by atoms with Gasteiger partial charge in [-0.2, -0.15) is 10.1 Å². The molecule has 2 aromatic rings. The number of hydrogen-bond acceptors (Lipinski definition) is 4. The third kappa shape index (κ3) is 4.70. The van der Waals surface area contributed by atoms with E-state index in [4.69, 9.17) is 4.74 Å². The van der Waals surface area contributed by atoms with Crippen molar-refractivity contribution in [2.45, 2.75) is 12.8 Å². The summed E-state index contributed by atoms with van der Waals surface area (Å²) in [6.07, 6.45) is 2.35. The maximum atomic E-state index is 11.5. The molecule has 100 valence electrons. The minimum absolute atomic E-state index is 0.115. The van der Waals surface area contributed by atoms with Crippen LogP contribution >= 0.6 is 15.9 Å². The van der Waals surface area contributed by atoms with Gasteiger partial charge in [0.1, 0.15) is 12.1 Å². The normalized spacial score (nSPS) is 10.2. The zero-order valence-corrected chi connectivity index (χ0v) is 11.7. The summed E-state index contributed by atoms with van der Waals surface area (Å²) < 4.78 is 6.52. The van der Waals surface area contributed by atoms with Gasteiger partial charge < -0.3 is 4.74 Å². The number of anilines is 1. The molecular formula is C12H13BrN4O2. The number of halogens is 1. The maximum Gasteiger partial charge on any atom is 0.226 e. The van der Waals surface area contributed by atoms with Crippen LogP contribution in [0.15, 0.2) is 35.1 Å². The van der Waals surface area contributed by atoms with Gasteiger partial charge in [0.2, 0.25) is 11.9 Å². The summed E-state index contributed by atoms with van der Waals surface area (Å²) in [6.45, 7) is 0.492. The van der Waals surface area contributed by atoms with E-state index in [9.17, 15) is 4.79 Å². The first-order chi connectivity index (χ1) is 9.24. The molecule has 2 N–H and O–H groups in total. The smallest absolute Gasteiger partial charge is 0.226 e. The van der Waals surface area contributed by atoms with Crippen LogP contribution in [0.25, 0.3) is 0 Å². The lowest BCUT2D eigenvalue weighted by molar-refractivity contribution is -0.116. The summed E-state index contributed by atoms with van der Waals surface area (Å²) in [6, 6.07) is 7.56. The van der Waals surface area contributed by atoms with Crippen molar-refractivity contribution in [3.8, 4) is 5.75 Å². The Morgan fingerprint density at radius 2 is 2.16 bits per heavy atom. The molecule has 0 aliphatic carbocycles. The van der Waals surface area contributed by atoms with Gasteiger partial charge in [-0.15, -0.1) is 0 Å². The molecule has 1 heterocycles. The number of carbonyl (C=O) groups is 1. The summed E-state index contributed by atoms with van der Waals surface area (Å²) in [5.41, 5.74) is 0. The van der Waals surface area contributed by atoms with Gasteiger partial charge in [-0.1, -0.05) is 15.9 Å². The van der Waals surface area contributed by atoms with Crippen LogP contribution in [0.2, 0.25) is 0 Å². The highest BCUT2D eigenvalue weighted by atomic mass is 79.9. The Morgan fingerprint density at radius 1 is 1.37 bits per heavy atom. The van der Waals surface area contributed by atoms with E-state index in [1.807, 2.05) is 24.3 Å². The number of rotatable bonds is 6. The van der Waals surface area contributed by atoms with E-state index >= 15 is 0 Å². The molecule has 0 unspecified atom stereocenters. The molecule has 7 heteroatoms. The van der Waals surface area contributed by atoms with Gasteiger partial charge in [-0.3, -0.25) is 10.1 Å². The molecule has 0 atom stereocenters. The van der Waals surface area contributed by atoms with Crippen molar-refractivity contribution in [3.05, 3.63) is 35.1 Å². The summed E-state index contributed by atoms with van der Waals surface area (Å²) in [7, 11) is 0. The van der Waals surface area contributed by atoms with E-state index in [1.54, 1.807) is 0 Å². The van der Waals surface area contributed by atoms with Crippen LogP contribution in [0.3, 0.4) is 0 Å². The Labute approximate surface area is 118 Å². The number of ether oxygens (including phenoxy) is 1. The van der Waals surface area contributed by atoms with Gasteiger partial charge >= 0.3 is 0 Å². The van der Waals surface area contributed by atoms with Gasteiger partial charge in [0.25, 0.3) is 0 Å². The van der Waals surface area contributed by atoms with Crippen LogP contribution in [-0.2, 0) is 4.79 Å². The van der Waals surface area contributed by atoms with Crippen LogP contribution in [0.4, 0.5) is 5.95 Å². The standard InChI is InChI=1S/C12H13BrN4O2/c13-9-3-5-10(6-4-9)19-7-1-2-11(18)16-12-14-8-15-17-12/h3-6,8H,1-2,7H2,(H2,14,15,16,17,18). The van der Waals surface area contributed by atoms with Crippen LogP contribution in [-0.4, -0.2) is 27.7 Å². The highest BCUT2D eigenvalue weighted by Gasteiger charge is 2.04. The van der Waals surface area contributed by atoms with Crippen LogP contribution in [0.1, 0.15) is 12.8 Å². The molecule has 0 saturated carbocycles. The molecule has 6 nitrogen and oxygen atoms in total. The second kappa shape index (κ2) is 6.89. The van der Waals surface area contributed by atoms with Gasteiger partial charge in [0.15, 0.2) is 0 Å². The van der Waals surface area contributed by atoms with E-state index in [0.717, 1.165) is 10.2 Å². The molecule has 0 fully saturated rings. The number of nitrogens with one attached hydrogen (secondary N) is 2. The van der Waals surface area contributed by atoms with Gasteiger partial charge in [0.05, 0.1) is 6.61 Å². The van der Waals surface area contributed by atoms with Crippen molar-refractivity contribution >= 4 is 27.8 Å². The molecule has 0 aliphatic heterocycles. The van der Waals surface area contributed by atoms with Gasteiger partial charge in [-0.05, 0) is 30.7 Å². The fourth-order valence-electron chi connectivity index (χ4n) is 1.41. The van der Waals surface area contributed by atoms with Crippen molar-refractivity contribution in [1.29, 1.82) is 0 Å². The molecule has 0 spiro atoms. The zero-order valence-electron chi connectivity index (χ0n) is 10.1. The average Bonchev–Trinajstić information content (AvgIpc) is 2.89. The Morgan fingerprint density at radius 3 is 2.84 bits per heavy atom. The van der Waals surface area contributed by atoms with Crippen LogP contribution in [0, 0.1) is 0 Å². The van der Waals surface area contributed by atoms with E-state index in [1.165, 1.54) is 6.33 Å². The second-order valence-electron chi connectivity index (χ2n) is 3.79. The third-order valence-electron chi connectivity index (χ3n) is 2.30. The topological polar surface area (TPSA) is 79.9 Å². The van der Waals surface area contributed by atoms with Gasteiger partial charge in [-0.25, -0.2) is 5.10 Å². The molecule has 1 amide bonds. The SMILES string of the molecule is O=C(CCCOc1ccc(Br)cc1)Nc1ncn[nH]1. The molecule has 0 aliphatic rings. The minimum atomic E-state index is -0.115. The molecule has 0 bridgehead atoms. The fraction of sp³-hybridized carbons (Fsp3) is 0.250. The number of carbonyl (C=O) groups excluding carboxylic acids is 1. The van der Waals surface area contributed by atoms with E-state index < -0.39 is 0 Å². The summed E-state index contributed by atoms with van der Waals surface area (Å²) in [5, 5.41) is 8.80. The van der Waals surface area contributed by atoms with E-state index in [-0.39, 0.29) is 5.91 Å². The number of nitrogens with zero attached hydrogens (tertiary/aromatic N) is 2. The quantitative estimate of drug-likeness (QED) is 0.799. The number of H-pyrrole nitrogens is 1. The first kappa shape index (κ1) is 13.5. The number of aromatic amines is 1. The zero-order chi connectivity index (χ0) is 13.5. The Kier molecular flexibility index (Phi) is 4.91.